The highest BCUT2D eigenvalue weighted by molar-refractivity contribution is 7.10. The zero-order valence-electron chi connectivity index (χ0n) is 13.4. The zero-order valence-corrected chi connectivity index (χ0v) is 14.2. The number of amides is 1. The Kier molecular flexibility index (Phi) is 3.87. The highest BCUT2D eigenvalue weighted by Crippen LogP contribution is 2.47. The largest absolute Gasteiger partial charge is 0.315 e. The predicted molar refractivity (Wildman–Crippen MR) is 87.1 cm³/mol. The van der Waals surface area contributed by atoms with Crippen LogP contribution in [-0.4, -0.2) is 22.4 Å². The van der Waals surface area contributed by atoms with Crippen molar-refractivity contribution in [2.45, 2.75) is 64.7 Å². The Hall–Kier alpha value is -0.870. The Balaban J connectivity index is 1.94. The molecule has 1 aromatic rings. The second kappa shape index (κ2) is 5.40. The first-order valence-corrected chi connectivity index (χ1v) is 8.97. The van der Waals surface area contributed by atoms with Crippen molar-refractivity contribution in [1.82, 2.24) is 10.2 Å². The van der Waals surface area contributed by atoms with E-state index in [2.05, 4.69) is 55.4 Å². The van der Waals surface area contributed by atoms with Gasteiger partial charge in [0.2, 0.25) is 5.91 Å². The maximum atomic E-state index is 13.1. The minimum absolute atomic E-state index is 0.0416. The van der Waals surface area contributed by atoms with Crippen LogP contribution in [0.25, 0.3) is 0 Å². The van der Waals surface area contributed by atoms with Crippen molar-refractivity contribution in [2.75, 3.05) is 0 Å². The van der Waals surface area contributed by atoms with Crippen molar-refractivity contribution >= 4 is 17.2 Å². The maximum absolute atomic E-state index is 13.1. The molecule has 3 nitrogen and oxygen atoms in total. The summed E-state index contributed by atoms with van der Waals surface area (Å²) < 4.78 is 0. The van der Waals surface area contributed by atoms with Gasteiger partial charge in [0.1, 0.15) is 6.17 Å². The van der Waals surface area contributed by atoms with E-state index in [-0.39, 0.29) is 17.7 Å². The van der Waals surface area contributed by atoms with E-state index in [4.69, 9.17) is 0 Å². The Morgan fingerprint density at radius 2 is 2.19 bits per heavy atom. The van der Waals surface area contributed by atoms with Crippen LogP contribution in [0.2, 0.25) is 0 Å². The van der Waals surface area contributed by atoms with Crippen LogP contribution in [0.5, 0.6) is 0 Å². The predicted octanol–water partition coefficient (Wildman–Crippen LogP) is 3.78. The summed E-state index contributed by atoms with van der Waals surface area (Å²) in [5.74, 6) is 1.32. The average Bonchev–Trinajstić information content (AvgIpc) is 3.07. The van der Waals surface area contributed by atoms with E-state index in [9.17, 15) is 4.79 Å². The van der Waals surface area contributed by atoms with Crippen LogP contribution < -0.4 is 5.32 Å². The monoisotopic (exact) mass is 306 g/mol. The summed E-state index contributed by atoms with van der Waals surface area (Å²) in [4.78, 5) is 16.5. The normalized spacial score (nSPS) is 28.2. The molecule has 1 aromatic heterocycles. The van der Waals surface area contributed by atoms with Gasteiger partial charge in [0.25, 0.3) is 0 Å². The van der Waals surface area contributed by atoms with Gasteiger partial charge in [0.05, 0.1) is 6.04 Å². The molecule has 1 aliphatic carbocycles. The number of rotatable bonds is 5. The SMILES string of the molecule is CCC(C)C1NC(c2cccs2)N(C(C)(C)C2CC2)C1=O. The van der Waals surface area contributed by atoms with Gasteiger partial charge in [-0.3, -0.25) is 10.1 Å². The van der Waals surface area contributed by atoms with Crippen LogP contribution in [0.1, 0.15) is 58.0 Å². The minimum Gasteiger partial charge on any atom is -0.315 e. The molecular weight excluding hydrogens is 280 g/mol. The number of carbonyl (C=O) groups is 1. The van der Waals surface area contributed by atoms with Crippen LogP contribution in [0.3, 0.4) is 0 Å². The average molecular weight is 306 g/mol. The lowest BCUT2D eigenvalue weighted by Gasteiger charge is -2.39. The number of hydrogen-bond donors (Lipinski definition) is 1. The molecule has 1 saturated carbocycles. The Labute approximate surface area is 131 Å². The lowest BCUT2D eigenvalue weighted by molar-refractivity contribution is -0.137. The third kappa shape index (κ3) is 2.53. The topological polar surface area (TPSA) is 32.3 Å². The van der Waals surface area contributed by atoms with Crippen molar-refractivity contribution in [1.29, 1.82) is 0 Å². The molecule has 0 aromatic carbocycles. The van der Waals surface area contributed by atoms with Crippen molar-refractivity contribution in [3.05, 3.63) is 22.4 Å². The smallest absolute Gasteiger partial charge is 0.242 e. The molecule has 4 heteroatoms. The third-order valence-electron chi connectivity index (χ3n) is 5.32. The summed E-state index contributed by atoms with van der Waals surface area (Å²) >= 11 is 1.74. The molecule has 2 heterocycles. The lowest BCUT2D eigenvalue weighted by Crippen LogP contribution is -2.49. The standard InChI is InChI=1S/C17H26N2OS/c1-5-11(2)14-16(20)19(17(3,4)12-8-9-12)15(18-14)13-7-6-10-21-13/h6-7,10-12,14-15,18H,5,8-9H2,1-4H3. The van der Waals surface area contributed by atoms with E-state index in [0.29, 0.717) is 17.7 Å². The first-order chi connectivity index (χ1) is 9.96. The first-order valence-electron chi connectivity index (χ1n) is 8.09. The molecule has 1 aliphatic heterocycles. The van der Waals surface area contributed by atoms with Gasteiger partial charge >= 0.3 is 0 Å². The molecule has 3 unspecified atom stereocenters. The first kappa shape index (κ1) is 15.0. The van der Waals surface area contributed by atoms with Crippen LogP contribution in [0, 0.1) is 11.8 Å². The molecule has 3 rings (SSSR count). The van der Waals surface area contributed by atoms with Crippen molar-refractivity contribution in [3.8, 4) is 0 Å². The van der Waals surface area contributed by atoms with E-state index >= 15 is 0 Å². The molecule has 3 atom stereocenters. The molecular formula is C17H26N2OS. The molecule has 0 radical (unpaired) electrons. The van der Waals surface area contributed by atoms with E-state index in [1.807, 2.05) is 0 Å². The second-order valence-corrected chi connectivity index (χ2v) is 8.06. The number of carbonyl (C=O) groups excluding carboxylic acids is 1. The fourth-order valence-electron chi connectivity index (χ4n) is 3.50. The third-order valence-corrected chi connectivity index (χ3v) is 6.25. The fraction of sp³-hybridized carbons (Fsp3) is 0.706. The van der Waals surface area contributed by atoms with Gasteiger partial charge in [0, 0.05) is 10.4 Å². The summed E-state index contributed by atoms with van der Waals surface area (Å²) in [5, 5.41) is 5.72. The van der Waals surface area contributed by atoms with Gasteiger partial charge < -0.3 is 4.90 Å². The summed E-state index contributed by atoms with van der Waals surface area (Å²) in [7, 11) is 0. The van der Waals surface area contributed by atoms with Crippen molar-refractivity contribution in [3.63, 3.8) is 0 Å². The van der Waals surface area contributed by atoms with Crippen LogP contribution in [-0.2, 0) is 4.79 Å². The van der Waals surface area contributed by atoms with E-state index in [1.165, 1.54) is 17.7 Å². The summed E-state index contributed by atoms with van der Waals surface area (Å²) in [5.41, 5.74) is -0.0546. The van der Waals surface area contributed by atoms with Gasteiger partial charge in [-0.15, -0.1) is 11.3 Å². The molecule has 1 N–H and O–H groups in total. The van der Waals surface area contributed by atoms with Gasteiger partial charge in [-0.25, -0.2) is 0 Å². The Morgan fingerprint density at radius 1 is 1.48 bits per heavy atom. The molecule has 0 bridgehead atoms. The van der Waals surface area contributed by atoms with Crippen molar-refractivity contribution < 1.29 is 4.79 Å². The molecule has 116 valence electrons. The van der Waals surface area contributed by atoms with E-state index in [0.717, 1.165) is 6.42 Å². The number of thiophene rings is 1. The number of nitrogens with zero attached hydrogens (tertiary/aromatic N) is 1. The second-order valence-electron chi connectivity index (χ2n) is 7.08. The van der Waals surface area contributed by atoms with Crippen molar-refractivity contribution in [2.24, 2.45) is 11.8 Å². The van der Waals surface area contributed by atoms with Gasteiger partial charge in [-0.2, -0.15) is 0 Å². The molecule has 1 amide bonds. The van der Waals surface area contributed by atoms with Crippen LogP contribution in [0.15, 0.2) is 17.5 Å². The zero-order chi connectivity index (χ0) is 15.2. The summed E-state index contributed by atoms with van der Waals surface area (Å²) in [6, 6.07) is 4.18. The Morgan fingerprint density at radius 3 is 2.71 bits per heavy atom. The molecule has 21 heavy (non-hydrogen) atoms. The van der Waals surface area contributed by atoms with E-state index in [1.54, 1.807) is 11.3 Å². The Bertz CT molecular complexity index is 507. The molecule has 2 fully saturated rings. The van der Waals surface area contributed by atoms with E-state index < -0.39 is 0 Å². The van der Waals surface area contributed by atoms with Gasteiger partial charge in [-0.05, 0) is 50.0 Å². The van der Waals surface area contributed by atoms with Crippen LogP contribution >= 0.6 is 11.3 Å². The molecule has 1 saturated heterocycles. The van der Waals surface area contributed by atoms with Crippen LogP contribution in [0.4, 0.5) is 0 Å². The fourth-order valence-corrected chi connectivity index (χ4v) is 4.27. The molecule has 2 aliphatic rings. The minimum atomic E-state index is -0.0546. The summed E-state index contributed by atoms with van der Waals surface area (Å²) in [6.45, 7) is 8.82. The number of hydrogen-bond acceptors (Lipinski definition) is 3. The highest BCUT2D eigenvalue weighted by Gasteiger charge is 2.53. The lowest BCUT2D eigenvalue weighted by atomic mass is 9.93. The summed E-state index contributed by atoms with van der Waals surface area (Å²) in [6.07, 6.45) is 3.58. The molecule has 0 spiro atoms. The quantitative estimate of drug-likeness (QED) is 0.898. The van der Waals surface area contributed by atoms with Gasteiger partial charge in [-0.1, -0.05) is 26.3 Å². The highest BCUT2D eigenvalue weighted by atomic mass is 32.1. The number of nitrogens with one attached hydrogen (secondary N) is 1. The van der Waals surface area contributed by atoms with Gasteiger partial charge in [0.15, 0.2) is 0 Å². The maximum Gasteiger partial charge on any atom is 0.242 e.